The number of para-hydroxylation sites is 1. The molecule has 0 aliphatic heterocycles. The number of ether oxygens (including phenoxy) is 2. The zero-order chi connectivity index (χ0) is 14.1. The number of anilines is 1. The van der Waals surface area contributed by atoms with Crippen LogP contribution in [0.15, 0.2) is 18.2 Å². The first-order valence-electron chi connectivity index (χ1n) is 6.30. The third-order valence-corrected chi connectivity index (χ3v) is 3.16. The van der Waals surface area contributed by atoms with Gasteiger partial charge < -0.3 is 14.4 Å². The Kier molecular flexibility index (Phi) is 7.79. The van der Waals surface area contributed by atoms with Crippen LogP contribution in [0.2, 0.25) is 0 Å². The SMILES string of the molecule is COCCCN(CCOC)c1c(F)cccc1CCl. The first-order valence-corrected chi connectivity index (χ1v) is 6.84. The molecule has 0 amide bonds. The van der Waals surface area contributed by atoms with Crippen molar-refractivity contribution >= 4 is 17.3 Å². The number of hydrogen-bond acceptors (Lipinski definition) is 3. The molecule has 0 aliphatic rings. The average molecular weight is 290 g/mol. The summed E-state index contributed by atoms with van der Waals surface area (Å²) in [7, 11) is 3.30. The molecule has 0 unspecified atom stereocenters. The molecule has 1 aromatic carbocycles. The number of nitrogens with zero attached hydrogens (tertiary/aromatic N) is 1. The number of methoxy groups -OCH3 is 2. The van der Waals surface area contributed by atoms with E-state index in [1.807, 2.05) is 11.0 Å². The molecule has 1 rings (SSSR count). The minimum absolute atomic E-state index is 0.244. The molecule has 0 spiro atoms. The van der Waals surface area contributed by atoms with E-state index in [-0.39, 0.29) is 5.82 Å². The second-order valence-electron chi connectivity index (χ2n) is 4.21. The summed E-state index contributed by atoms with van der Waals surface area (Å²) in [5.41, 5.74) is 1.38. The van der Waals surface area contributed by atoms with Gasteiger partial charge in [0.05, 0.1) is 12.3 Å². The molecule has 19 heavy (non-hydrogen) atoms. The second kappa shape index (κ2) is 9.13. The molecule has 5 heteroatoms. The molecular weight excluding hydrogens is 269 g/mol. The monoisotopic (exact) mass is 289 g/mol. The van der Waals surface area contributed by atoms with Gasteiger partial charge in [-0.1, -0.05) is 12.1 Å². The molecular formula is C14H21ClFNO2. The molecule has 0 N–H and O–H groups in total. The van der Waals surface area contributed by atoms with Crippen molar-refractivity contribution in [2.45, 2.75) is 12.3 Å². The Morgan fingerprint density at radius 1 is 1.16 bits per heavy atom. The summed E-state index contributed by atoms with van der Waals surface area (Å²) in [6, 6.07) is 4.99. The molecule has 0 heterocycles. The fourth-order valence-electron chi connectivity index (χ4n) is 1.96. The van der Waals surface area contributed by atoms with E-state index in [0.717, 1.165) is 12.0 Å². The lowest BCUT2D eigenvalue weighted by molar-refractivity contribution is 0.191. The summed E-state index contributed by atoms with van der Waals surface area (Å²) in [5, 5.41) is 0. The van der Waals surface area contributed by atoms with Crippen LogP contribution in [0.4, 0.5) is 10.1 Å². The van der Waals surface area contributed by atoms with Crippen LogP contribution in [0, 0.1) is 5.82 Å². The Morgan fingerprint density at radius 3 is 2.53 bits per heavy atom. The van der Waals surface area contributed by atoms with E-state index < -0.39 is 0 Å². The summed E-state index contributed by atoms with van der Waals surface area (Å²) in [5.74, 6) is 0.0487. The van der Waals surface area contributed by atoms with Gasteiger partial charge >= 0.3 is 0 Å². The highest BCUT2D eigenvalue weighted by molar-refractivity contribution is 6.17. The van der Waals surface area contributed by atoms with E-state index in [2.05, 4.69) is 0 Å². The van der Waals surface area contributed by atoms with Crippen molar-refractivity contribution in [2.75, 3.05) is 45.4 Å². The third kappa shape index (κ3) is 4.97. The predicted molar refractivity (Wildman–Crippen MR) is 76.5 cm³/mol. The van der Waals surface area contributed by atoms with Crippen molar-refractivity contribution in [1.82, 2.24) is 0 Å². The molecule has 0 radical (unpaired) electrons. The summed E-state index contributed by atoms with van der Waals surface area (Å²) in [6.07, 6.45) is 0.830. The molecule has 0 aliphatic carbocycles. The molecule has 0 saturated carbocycles. The normalized spacial score (nSPS) is 10.7. The largest absolute Gasteiger partial charge is 0.385 e. The topological polar surface area (TPSA) is 21.7 Å². The van der Waals surface area contributed by atoms with E-state index in [9.17, 15) is 4.39 Å². The fourth-order valence-corrected chi connectivity index (χ4v) is 2.17. The second-order valence-corrected chi connectivity index (χ2v) is 4.47. The Balaban J connectivity index is 2.88. The van der Waals surface area contributed by atoms with Gasteiger partial charge in [0.2, 0.25) is 0 Å². The van der Waals surface area contributed by atoms with Crippen LogP contribution < -0.4 is 4.90 Å². The number of benzene rings is 1. The molecule has 0 saturated heterocycles. The van der Waals surface area contributed by atoms with Gasteiger partial charge in [-0.2, -0.15) is 0 Å². The highest BCUT2D eigenvalue weighted by Gasteiger charge is 2.15. The lowest BCUT2D eigenvalue weighted by atomic mass is 10.1. The van der Waals surface area contributed by atoms with Gasteiger partial charge in [-0.3, -0.25) is 0 Å². The van der Waals surface area contributed by atoms with Crippen LogP contribution in [-0.4, -0.2) is 40.5 Å². The molecule has 0 fully saturated rings. The van der Waals surface area contributed by atoms with Gasteiger partial charge in [0, 0.05) is 39.8 Å². The van der Waals surface area contributed by atoms with Crippen LogP contribution in [0.25, 0.3) is 0 Å². The van der Waals surface area contributed by atoms with Crippen LogP contribution in [0.5, 0.6) is 0 Å². The molecule has 0 atom stereocenters. The Morgan fingerprint density at radius 2 is 1.89 bits per heavy atom. The van der Waals surface area contributed by atoms with Crippen molar-refractivity contribution in [3.05, 3.63) is 29.6 Å². The van der Waals surface area contributed by atoms with Crippen LogP contribution in [-0.2, 0) is 15.4 Å². The van der Waals surface area contributed by atoms with E-state index in [0.29, 0.717) is 37.9 Å². The lowest BCUT2D eigenvalue weighted by Crippen LogP contribution is -2.30. The van der Waals surface area contributed by atoms with Crippen LogP contribution in [0.1, 0.15) is 12.0 Å². The first-order chi connectivity index (χ1) is 9.24. The summed E-state index contributed by atoms with van der Waals surface area (Å²) >= 11 is 5.89. The number of rotatable bonds is 9. The maximum absolute atomic E-state index is 14.1. The van der Waals surface area contributed by atoms with Crippen molar-refractivity contribution in [1.29, 1.82) is 0 Å². The third-order valence-electron chi connectivity index (χ3n) is 2.87. The van der Waals surface area contributed by atoms with Crippen molar-refractivity contribution in [3.63, 3.8) is 0 Å². The zero-order valence-electron chi connectivity index (χ0n) is 11.5. The van der Waals surface area contributed by atoms with Crippen LogP contribution in [0.3, 0.4) is 0 Å². The maximum Gasteiger partial charge on any atom is 0.146 e. The van der Waals surface area contributed by atoms with Crippen molar-refractivity contribution < 1.29 is 13.9 Å². The molecule has 1 aromatic rings. The van der Waals surface area contributed by atoms with E-state index >= 15 is 0 Å². The summed E-state index contributed by atoms with van der Waals surface area (Å²) in [6.45, 7) is 2.53. The van der Waals surface area contributed by atoms with E-state index in [1.165, 1.54) is 6.07 Å². The number of alkyl halides is 1. The van der Waals surface area contributed by atoms with Gasteiger partial charge in [-0.15, -0.1) is 11.6 Å². The molecule has 108 valence electrons. The van der Waals surface area contributed by atoms with Crippen molar-refractivity contribution in [2.24, 2.45) is 0 Å². The van der Waals surface area contributed by atoms with Gasteiger partial charge in [0.15, 0.2) is 0 Å². The zero-order valence-corrected chi connectivity index (χ0v) is 12.3. The predicted octanol–water partition coefficient (Wildman–Crippen LogP) is 3.05. The van der Waals surface area contributed by atoms with Gasteiger partial charge in [0.25, 0.3) is 0 Å². The summed E-state index contributed by atoms with van der Waals surface area (Å²) in [4.78, 5) is 1.97. The van der Waals surface area contributed by atoms with Gasteiger partial charge in [-0.25, -0.2) is 4.39 Å². The number of hydrogen-bond donors (Lipinski definition) is 0. The quantitative estimate of drug-likeness (QED) is 0.515. The van der Waals surface area contributed by atoms with E-state index in [4.69, 9.17) is 21.1 Å². The highest BCUT2D eigenvalue weighted by atomic mass is 35.5. The maximum atomic E-state index is 14.1. The minimum Gasteiger partial charge on any atom is -0.385 e. The molecule has 0 aromatic heterocycles. The lowest BCUT2D eigenvalue weighted by Gasteiger charge is -2.27. The highest BCUT2D eigenvalue weighted by Crippen LogP contribution is 2.26. The fraction of sp³-hybridized carbons (Fsp3) is 0.571. The van der Waals surface area contributed by atoms with Gasteiger partial charge in [-0.05, 0) is 18.1 Å². The van der Waals surface area contributed by atoms with Crippen molar-refractivity contribution in [3.8, 4) is 0 Å². The van der Waals surface area contributed by atoms with Gasteiger partial charge in [0.1, 0.15) is 5.82 Å². The molecule has 0 bridgehead atoms. The first kappa shape index (κ1) is 16.2. The smallest absolute Gasteiger partial charge is 0.146 e. The number of halogens is 2. The standard InChI is InChI=1S/C14H21ClFNO2/c1-18-9-4-7-17(8-10-19-2)14-12(11-15)5-3-6-13(14)16/h3,5-6H,4,7-11H2,1-2H3. The van der Waals surface area contributed by atoms with E-state index in [1.54, 1.807) is 20.3 Å². The minimum atomic E-state index is -0.244. The molecule has 3 nitrogen and oxygen atoms in total. The Hall–Kier alpha value is -0.840. The summed E-state index contributed by atoms with van der Waals surface area (Å²) < 4.78 is 24.2. The Bertz CT molecular complexity index is 376. The average Bonchev–Trinajstić information content (AvgIpc) is 2.43. The van der Waals surface area contributed by atoms with Crippen LogP contribution >= 0.6 is 11.6 Å². The Labute approximate surface area is 119 Å².